The summed E-state index contributed by atoms with van der Waals surface area (Å²) >= 11 is 7.28. The minimum Gasteiger partial charge on any atom is -0.484 e. The highest BCUT2D eigenvalue weighted by molar-refractivity contribution is 7.17. The predicted octanol–water partition coefficient (Wildman–Crippen LogP) is 3.01. The van der Waals surface area contributed by atoms with E-state index in [9.17, 15) is 9.59 Å². The number of thiophene rings is 1. The van der Waals surface area contributed by atoms with Crippen LogP contribution in [-0.4, -0.2) is 18.4 Å². The summed E-state index contributed by atoms with van der Waals surface area (Å²) in [7, 11) is 0. The SMILES string of the molecule is NC(=O)c1c(NC(=O)COc2cccc(Cl)c2)sc2c1CCC2. The van der Waals surface area contributed by atoms with Gasteiger partial charge < -0.3 is 15.8 Å². The number of fused-ring (bicyclic) bond motifs is 1. The fourth-order valence-electron chi connectivity index (χ4n) is 2.62. The summed E-state index contributed by atoms with van der Waals surface area (Å²) < 4.78 is 5.39. The van der Waals surface area contributed by atoms with Gasteiger partial charge in [0.1, 0.15) is 10.8 Å². The van der Waals surface area contributed by atoms with Crippen molar-refractivity contribution in [1.29, 1.82) is 0 Å². The van der Waals surface area contributed by atoms with E-state index in [0.29, 0.717) is 21.3 Å². The van der Waals surface area contributed by atoms with Gasteiger partial charge >= 0.3 is 0 Å². The fraction of sp³-hybridized carbons (Fsp3) is 0.250. The minimum absolute atomic E-state index is 0.166. The van der Waals surface area contributed by atoms with Gasteiger partial charge in [-0.05, 0) is 43.0 Å². The molecule has 0 aliphatic heterocycles. The van der Waals surface area contributed by atoms with Gasteiger partial charge in [-0.3, -0.25) is 9.59 Å². The number of primary amides is 1. The van der Waals surface area contributed by atoms with Crippen LogP contribution in [0.4, 0.5) is 5.00 Å². The van der Waals surface area contributed by atoms with E-state index in [1.54, 1.807) is 24.3 Å². The average molecular weight is 351 g/mol. The van der Waals surface area contributed by atoms with Crippen LogP contribution in [0.1, 0.15) is 27.2 Å². The molecule has 0 saturated heterocycles. The van der Waals surface area contributed by atoms with Crippen LogP contribution < -0.4 is 15.8 Å². The molecule has 1 heterocycles. The Balaban J connectivity index is 1.68. The Labute approximate surface area is 142 Å². The Hall–Kier alpha value is -2.05. The van der Waals surface area contributed by atoms with E-state index in [0.717, 1.165) is 29.7 Å². The highest BCUT2D eigenvalue weighted by atomic mass is 35.5. The number of hydrogen-bond acceptors (Lipinski definition) is 4. The Morgan fingerprint density at radius 2 is 2.17 bits per heavy atom. The summed E-state index contributed by atoms with van der Waals surface area (Å²) in [6.07, 6.45) is 2.78. The van der Waals surface area contributed by atoms with E-state index in [4.69, 9.17) is 22.1 Å². The van der Waals surface area contributed by atoms with E-state index >= 15 is 0 Å². The number of halogens is 1. The molecule has 0 unspecified atom stereocenters. The van der Waals surface area contributed by atoms with Crippen molar-refractivity contribution in [2.75, 3.05) is 11.9 Å². The van der Waals surface area contributed by atoms with E-state index in [1.807, 2.05) is 0 Å². The molecule has 2 aromatic rings. The Morgan fingerprint density at radius 1 is 1.35 bits per heavy atom. The van der Waals surface area contributed by atoms with Gasteiger partial charge in [0, 0.05) is 9.90 Å². The molecule has 0 spiro atoms. The second kappa shape index (κ2) is 6.60. The lowest BCUT2D eigenvalue weighted by atomic mass is 10.1. The first kappa shape index (κ1) is 15.8. The fourth-order valence-corrected chi connectivity index (χ4v) is 4.11. The molecular weight excluding hydrogens is 336 g/mol. The second-order valence-corrected chi connectivity index (χ2v) is 6.76. The third-order valence-electron chi connectivity index (χ3n) is 3.59. The van der Waals surface area contributed by atoms with Crippen molar-refractivity contribution >= 4 is 39.8 Å². The predicted molar refractivity (Wildman–Crippen MR) is 90.4 cm³/mol. The van der Waals surface area contributed by atoms with Crippen molar-refractivity contribution in [2.24, 2.45) is 5.73 Å². The number of amides is 2. The molecule has 1 aliphatic carbocycles. The first-order valence-electron chi connectivity index (χ1n) is 7.17. The van der Waals surface area contributed by atoms with Crippen molar-refractivity contribution < 1.29 is 14.3 Å². The maximum absolute atomic E-state index is 12.1. The third kappa shape index (κ3) is 3.48. The topological polar surface area (TPSA) is 81.4 Å². The number of anilines is 1. The molecule has 0 atom stereocenters. The first-order valence-corrected chi connectivity index (χ1v) is 8.36. The summed E-state index contributed by atoms with van der Waals surface area (Å²) in [5.74, 6) is -0.334. The van der Waals surface area contributed by atoms with Crippen molar-refractivity contribution in [3.8, 4) is 5.75 Å². The third-order valence-corrected chi connectivity index (χ3v) is 5.03. The molecule has 5 nitrogen and oxygen atoms in total. The largest absolute Gasteiger partial charge is 0.484 e. The Kier molecular flexibility index (Phi) is 4.54. The van der Waals surface area contributed by atoms with Gasteiger partial charge in [0.05, 0.1) is 5.56 Å². The molecule has 2 amide bonds. The molecule has 3 rings (SSSR count). The lowest BCUT2D eigenvalue weighted by molar-refractivity contribution is -0.118. The standard InChI is InChI=1S/C16H15ClN2O3S/c17-9-3-1-4-10(7-9)22-8-13(20)19-16-14(15(18)21)11-5-2-6-12(11)23-16/h1,3-4,7H,2,5-6,8H2,(H2,18,21)(H,19,20). The summed E-state index contributed by atoms with van der Waals surface area (Å²) in [5, 5.41) is 3.78. The maximum atomic E-state index is 12.1. The Morgan fingerprint density at radius 3 is 2.91 bits per heavy atom. The monoisotopic (exact) mass is 350 g/mol. The molecule has 1 aromatic heterocycles. The van der Waals surface area contributed by atoms with Crippen LogP contribution in [0.25, 0.3) is 0 Å². The number of nitrogens with two attached hydrogens (primary N) is 1. The number of aryl methyl sites for hydroxylation is 1. The zero-order valence-corrected chi connectivity index (χ0v) is 13.8. The zero-order valence-electron chi connectivity index (χ0n) is 12.2. The average Bonchev–Trinajstić information content (AvgIpc) is 3.05. The van der Waals surface area contributed by atoms with Crippen LogP contribution in [0, 0.1) is 0 Å². The quantitative estimate of drug-likeness (QED) is 0.869. The zero-order chi connectivity index (χ0) is 16.4. The number of ether oxygens (including phenoxy) is 1. The van der Waals surface area contributed by atoms with E-state index in [1.165, 1.54) is 11.3 Å². The van der Waals surface area contributed by atoms with Crippen molar-refractivity contribution in [1.82, 2.24) is 0 Å². The van der Waals surface area contributed by atoms with Crippen LogP contribution in [0.3, 0.4) is 0 Å². The number of carbonyl (C=O) groups is 2. The van der Waals surface area contributed by atoms with Gasteiger partial charge in [-0.1, -0.05) is 17.7 Å². The van der Waals surface area contributed by atoms with E-state index in [2.05, 4.69) is 5.32 Å². The van der Waals surface area contributed by atoms with Crippen LogP contribution in [0.2, 0.25) is 5.02 Å². The van der Waals surface area contributed by atoms with Gasteiger partial charge in [0.15, 0.2) is 6.61 Å². The van der Waals surface area contributed by atoms with Gasteiger partial charge in [0.2, 0.25) is 0 Å². The molecule has 0 bridgehead atoms. The number of rotatable bonds is 5. The highest BCUT2D eigenvalue weighted by Gasteiger charge is 2.26. The van der Waals surface area contributed by atoms with Gasteiger partial charge in [-0.25, -0.2) is 0 Å². The van der Waals surface area contributed by atoms with E-state index < -0.39 is 5.91 Å². The number of carbonyl (C=O) groups excluding carboxylic acids is 2. The molecular formula is C16H15ClN2O3S. The smallest absolute Gasteiger partial charge is 0.262 e. The van der Waals surface area contributed by atoms with Crippen LogP contribution in [0.5, 0.6) is 5.75 Å². The summed E-state index contributed by atoms with van der Waals surface area (Å²) in [6.45, 7) is -0.166. The van der Waals surface area contributed by atoms with Gasteiger partial charge in [-0.15, -0.1) is 11.3 Å². The lowest BCUT2D eigenvalue weighted by Gasteiger charge is -2.08. The number of benzene rings is 1. The lowest BCUT2D eigenvalue weighted by Crippen LogP contribution is -2.22. The van der Waals surface area contributed by atoms with E-state index in [-0.39, 0.29) is 12.5 Å². The number of hydrogen-bond donors (Lipinski definition) is 2. The first-order chi connectivity index (χ1) is 11.0. The minimum atomic E-state index is -0.504. The molecule has 0 saturated carbocycles. The molecule has 0 radical (unpaired) electrons. The molecule has 0 fully saturated rings. The normalized spacial score (nSPS) is 12.7. The molecule has 1 aromatic carbocycles. The summed E-state index contributed by atoms with van der Waals surface area (Å²) in [4.78, 5) is 24.9. The van der Waals surface area contributed by atoms with Crippen LogP contribution in [0.15, 0.2) is 24.3 Å². The highest BCUT2D eigenvalue weighted by Crippen LogP contribution is 2.38. The summed E-state index contributed by atoms with van der Waals surface area (Å²) in [5.41, 5.74) is 6.88. The number of nitrogens with one attached hydrogen (secondary N) is 1. The second-order valence-electron chi connectivity index (χ2n) is 5.22. The van der Waals surface area contributed by atoms with Gasteiger partial charge in [-0.2, -0.15) is 0 Å². The maximum Gasteiger partial charge on any atom is 0.262 e. The summed E-state index contributed by atoms with van der Waals surface area (Å²) in [6, 6.07) is 6.81. The Bertz CT molecular complexity index is 773. The van der Waals surface area contributed by atoms with Crippen molar-refractivity contribution in [3.05, 3.63) is 45.3 Å². The van der Waals surface area contributed by atoms with Gasteiger partial charge in [0.25, 0.3) is 11.8 Å². The molecule has 120 valence electrons. The van der Waals surface area contributed by atoms with Crippen LogP contribution in [-0.2, 0) is 17.6 Å². The molecule has 1 aliphatic rings. The molecule has 23 heavy (non-hydrogen) atoms. The molecule has 7 heteroatoms. The van der Waals surface area contributed by atoms with Crippen molar-refractivity contribution in [3.63, 3.8) is 0 Å². The van der Waals surface area contributed by atoms with Crippen LogP contribution >= 0.6 is 22.9 Å². The van der Waals surface area contributed by atoms with Crippen molar-refractivity contribution in [2.45, 2.75) is 19.3 Å². The molecule has 3 N–H and O–H groups in total.